The second-order valence-electron chi connectivity index (χ2n) is 8.10. The van der Waals surface area contributed by atoms with Crippen LogP contribution in [0.5, 0.6) is 11.5 Å². The number of carbonyl (C=O) groups excluding carboxylic acids is 1. The molecule has 0 aliphatic carbocycles. The van der Waals surface area contributed by atoms with E-state index in [0.29, 0.717) is 35.2 Å². The average Bonchev–Trinajstić information content (AvgIpc) is 3.21. The Morgan fingerprint density at radius 1 is 1.09 bits per heavy atom. The second-order valence-corrected chi connectivity index (χ2v) is 8.54. The third-order valence-corrected chi connectivity index (χ3v) is 6.42. The van der Waals surface area contributed by atoms with Crippen LogP contribution in [0, 0.1) is 5.82 Å². The van der Waals surface area contributed by atoms with Crippen LogP contribution in [0.1, 0.15) is 22.9 Å². The monoisotopic (exact) mass is 479 g/mol. The zero-order chi connectivity index (χ0) is 23.8. The number of nitrogens with one attached hydrogen (secondary N) is 2. The lowest BCUT2D eigenvalue weighted by atomic mass is 9.92. The number of rotatable bonds is 4. The summed E-state index contributed by atoms with van der Waals surface area (Å²) in [5.41, 5.74) is 4.24. The van der Waals surface area contributed by atoms with Gasteiger partial charge in [-0.25, -0.2) is 9.18 Å². The van der Waals surface area contributed by atoms with E-state index < -0.39 is 6.04 Å². The molecular formula is C26H23ClFN3O3. The molecule has 1 aliphatic rings. The van der Waals surface area contributed by atoms with E-state index in [-0.39, 0.29) is 11.8 Å². The van der Waals surface area contributed by atoms with Crippen molar-refractivity contribution in [3.05, 3.63) is 88.3 Å². The average molecular weight is 480 g/mol. The normalized spacial score (nSPS) is 15.2. The highest BCUT2D eigenvalue weighted by molar-refractivity contribution is 6.31. The maximum atomic E-state index is 13.7. The highest BCUT2D eigenvalue weighted by atomic mass is 35.5. The first-order valence-corrected chi connectivity index (χ1v) is 11.2. The number of fused-ring (bicyclic) bond motifs is 3. The number of benzene rings is 3. The van der Waals surface area contributed by atoms with Gasteiger partial charge in [-0.1, -0.05) is 23.7 Å². The molecule has 0 bridgehead atoms. The lowest BCUT2D eigenvalue weighted by Crippen LogP contribution is -2.43. The number of hydrogen-bond donors (Lipinski definition) is 2. The topological polar surface area (TPSA) is 66.6 Å². The summed E-state index contributed by atoms with van der Waals surface area (Å²) in [7, 11) is 3.11. The van der Waals surface area contributed by atoms with Crippen molar-refractivity contribution < 1.29 is 18.7 Å². The summed E-state index contributed by atoms with van der Waals surface area (Å²) < 4.78 is 24.4. The summed E-state index contributed by atoms with van der Waals surface area (Å²) in [5.74, 6) is 0.783. The third-order valence-electron chi connectivity index (χ3n) is 6.18. The van der Waals surface area contributed by atoms with Gasteiger partial charge in [0, 0.05) is 34.2 Å². The van der Waals surface area contributed by atoms with Crippen molar-refractivity contribution in [1.82, 2.24) is 9.88 Å². The third kappa shape index (κ3) is 3.92. The van der Waals surface area contributed by atoms with Gasteiger partial charge in [-0.2, -0.15) is 0 Å². The number of hydrogen-bond acceptors (Lipinski definition) is 3. The summed E-state index contributed by atoms with van der Waals surface area (Å²) >= 11 is 6.26. The fourth-order valence-electron chi connectivity index (χ4n) is 4.57. The molecule has 0 fully saturated rings. The number of methoxy groups -OCH3 is 2. The molecule has 0 saturated heterocycles. The predicted octanol–water partition coefficient (Wildman–Crippen LogP) is 6.16. The van der Waals surface area contributed by atoms with Crippen molar-refractivity contribution in [1.29, 1.82) is 0 Å². The Kier molecular flexibility index (Phi) is 5.79. The van der Waals surface area contributed by atoms with Gasteiger partial charge in [0.25, 0.3) is 0 Å². The Morgan fingerprint density at radius 3 is 2.62 bits per heavy atom. The van der Waals surface area contributed by atoms with Crippen LogP contribution in [-0.4, -0.2) is 36.7 Å². The van der Waals surface area contributed by atoms with E-state index >= 15 is 0 Å². The van der Waals surface area contributed by atoms with Gasteiger partial charge in [0.05, 0.1) is 25.9 Å². The summed E-state index contributed by atoms with van der Waals surface area (Å²) in [6, 6.07) is 16.4. The number of ether oxygens (including phenoxy) is 2. The Balaban J connectivity index is 1.57. The first-order chi connectivity index (χ1) is 16.5. The number of carbonyl (C=O) groups is 1. The minimum Gasteiger partial charge on any atom is -0.497 e. The number of aromatic nitrogens is 1. The molecule has 0 spiro atoms. The maximum Gasteiger partial charge on any atom is 0.322 e. The molecule has 2 N–H and O–H groups in total. The van der Waals surface area contributed by atoms with E-state index in [2.05, 4.69) is 10.3 Å². The number of anilines is 1. The molecule has 2 amide bonds. The second kappa shape index (κ2) is 8.91. The molecule has 34 heavy (non-hydrogen) atoms. The SMILES string of the molecule is COc1ccc(OC)c(NC(=O)N2CCc3c([nH]c4ccc(Cl)cc34)[C@@H]2c2ccc(F)cc2)c1. The highest BCUT2D eigenvalue weighted by Crippen LogP contribution is 2.40. The molecular weight excluding hydrogens is 457 g/mol. The molecule has 0 radical (unpaired) electrons. The largest absolute Gasteiger partial charge is 0.497 e. The standard InChI is InChI=1S/C26H23ClFN3O3/c1-33-18-8-10-23(34-2)22(14-18)30-26(32)31-12-11-19-20-13-16(27)5-9-21(20)29-24(19)25(31)15-3-6-17(28)7-4-15/h3-10,13-14,25,29H,11-12H2,1-2H3,(H,30,32)/t25-/m0/s1. The van der Waals surface area contributed by atoms with Crippen LogP contribution in [0.25, 0.3) is 10.9 Å². The summed E-state index contributed by atoms with van der Waals surface area (Å²) in [6.45, 7) is 0.465. The van der Waals surface area contributed by atoms with Crippen LogP contribution in [0.3, 0.4) is 0 Å². The molecule has 1 atom stereocenters. The Hall–Kier alpha value is -3.71. The smallest absolute Gasteiger partial charge is 0.322 e. The van der Waals surface area contributed by atoms with E-state index in [1.165, 1.54) is 12.1 Å². The number of aromatic amines is 1. The zero-order valence-corrected chi connectivity index (χ0v) is 19.4. The minimum atomic E-state index is -0.438. The van der Waals surface area contributed by atoms with Gasteiger partial charge in [0.15, 0.2) is 0 Å². The quantitative estimate of drug-likeness (QED) is 0.368. The van der Waals surface area contributed by atoms with Crippen molar-refractivity contribution in [3.8, 4) is 11.5 Å². The molecule has 5 rings (SSSR count). The van der Waals surface area contributed by atoms with Crippen LogP contribution < -0.4 is 14.8 Å². The van der Waals surface area contributed by atoms with Crippen LogP contribution in [-0.2, 0) is 6.42 Å². The summed E-state index contributed by atoms with van der Waals surface area (Å²) in [4.78, 5) is 18.8. The van der Waals surface area contributed by atoms with Gasteiger partial charge >= 0.3 is 6.03 Å². The first-order valence-electron chi connectivity index (χ1n) is 10.8. The summed E-state index contributed by atoms with van der Waals surface area (Å²) in [6.07, 6.45) is 0.649. The van der Waals surface area contributed by atoms with Crippen molar-refractivity contribution in [2.75, 3.05) is 26.1 Å². The van der Waals surface area contributed by atoms with Gasteiger partial charge in [-0.05, 0) is 60.0 Å². The maximum absolute atomic E-state index is 13.7. The van der Waals surface area contributed by atoms with Crippen molar-refractivity contribution in [3.63, 3.8) is 0 Å². The van der Waals surface area contributed by atoms with Crippen molar-refractivity contribution >= 4 is 34.2 Å². The molecule has 0 saturated carbocycles. The van der Waals surface area contributed by atoms with Gasteiger partial charge < -0.3 is 24.7 Å². The molecule has 1 aliphatic heterocycles. The molecule has 6 nitrogen and oxygen atoms in total. The number of nitrogens with zero attached hydrogens (tertiary/aromatic N) is 1. The molecule has 2 heterocycles. The van der Waals surface area contributed by atoms with E-state index in [9.17, 15) is 9.18 Å². The summed E-state index contributed by atoms with van der Waals surface area (Å²) in [5, 5.41) is 4.65. The van der Waals surface area contributed by atoms with Crippen molar-refractivity contribution in [2.24, 2.45) is 0 Å². The molecule has 4 aromatic rings. The lowest BCUT2D eigenvalue weighted by molar-refractivity contribution is 0.193. The first kappa shape index (κ1) is 22.1. The van der Waals surface area contributed by atoms with Gasteiger partial charge in [-0.3, -0.25) is 0 Å². The predicted molar refractivity (Wildman–Crippen MR) is 131 cm³/mol. The van der Waals surface area contributed by atoms with E-state index in [4.69, 9.17) is 21.1 Å². The van der Waals surface area contributed by atoms with Gasteiger partial charge in [0.1, 0.15) is 17.3 Å². The van der Waals surface area contributed by atoms with E-state index in [1.807, 2.05) is 18.2 Å². The van der Waals surface area contributed by atoms with Gasteiger partial charge in [-0.15, -0.1) is 0 Å². The lowest BCUT2D eigenvalue weighted by Gasteiger charge is -2.36. The van der Waals surface area contributed by atoms with Crippen molar-refractivity contribution in [2.45, 2.75) is 12.5 Å². The fraction of sp³-hybridized carbons (Fsp3) is 0.192. The van der Waals surface area contributed by atoms with Crippen LogP contribution in [0.15, 0.2) is 60.7 Å². The number of H-pyrrole nitrogens is 1. The molecule has 8 heteroatoms. The molecule has 3 aromatic carbocycles. The Morgan fingerprint density at radius 2 is 1.88 bits per heavy atom. The van der Waals surface area contributed by atoms with Crippen LogP contribution in [0.4, 0.5) is 14.9 Å². The van der Waals surface area contributed by atoms with Crippen LogP contribution in [0.2, 0.25) is 5.02 Å². The number of halogens is 2. The fourth-order valence-corrected chi connectivity index (χ4v) is 4.74. The Labute approximate surface area is 201 Å². The Bertz CT molecular complexity index is 1370. The van der Waals surface area contributed by atoms with E-state index in [1.54, 1.807) is 49.5 Å². The van der Waals surface area contributed by atoms with Crippen LogP contribution >= 0.6 is 11.6 Å². The highest BCUT2D eigenvalue weighted by Gasteiger charge is 2.35. The van der Waals surface area contributed by atoms with E-state index in [0.717, 1.165) is 27.7 Å². The number of urea groups is 1. The molecule has 0 unspecified atom stereocenters. The molecule has 174 valence electrons. The molecule has 1 aromatic heterocycles. The zero-order valence-electron chi connectivity index (χ0n) is 18.7. The van der Waals surface area contributed by atoms with Gasteiger partial charge in [0.2, 0.25) is 0 Å². The number of amides is 2. The minimum absolute atomic E-state index is 0.303.